The quantitative estimate of drug-likeness (QED) is 0.0725. The zero-order valence-corrected chi connectivity index (χ0v) is 24.0. The summed E-state index contributed by atoms with van der Waals surface area (Å²) in [5.74, 6) is -2.77. The number of thioether (sulfide) groups is 2. The van der Waals surface area contributed by atoms with E-state index in [1.54, 1.807) is 13.0 Å². The van der Waals surface area contributed by atoms with Crippen LogP contribution in [0.15, 0.2) is 32.9 Å². The van der Waals surface area contributed by atoms with E-state index in [1.165, 1.54) is 52.5 Å². The predicted molar refractivity (Wildman–Crippen MR) is 147 cm³/mol. The normalized spacial score (nSPS) is 18.7. The van der Waals surface area contributed by atoms with Crippen molar-refractivity contribution >= 4 is 75.2 Å². The van der Waals surface area contributed by atoms with Gasteiger partial charge in [0.25, 0.3) is 23.4 Å². The lowest BCUT2D eigenvalue weighted by molar-refractivity contribution is -0.150. The van der Waals surface area contributed by atoms with Crippen LogP contribution in [0.2, 0.25) is 0 Å². The lowest BCUT2D eigenvalue weighted by Gasteiger charge is -2.49. The van der Waals surface area contributed by atoms with Crippen molar-refractivity contribution in [2.24, 2.45) is 5.16 Å². The number of hydrogen-bond donors (Lipinski definition) is 3. The highest BCUT2D eigenvalue weighted by molar-refractivity contribution is 8.01. The Bertz CT molecular complexity index is 1650. The van der Waals surface area contributed by atoms with Crippen LogP contribution >= 0.6 is 34.9 Å². The van der Waals surface area contributed by atoms with E-state index >= 15 is 0 Å². The topological polar surface area (TPSA) is 217 Å². The van der Waals surface area contributed by atoms with Crippen LogP contribution in [0.3, 0.4) is 0 Å². The molecule has 3 aromatic rings. The first kappa shape index (κ1) is 28.3. The number of methoxy groups -OCH3 is 1. The lowest BCUT2D eigenvalue weighted by Crippen LogP contribution is -2.71. The van der Waals surface area contributed by atoms with Gasteiger partial charge in [-0.25, -0.2) is 19.6 Å². The number of nitrogens with two attached hydrogens (primary N) is 1. The number of aromatic nitrogens is 5. The van der Waals surface area contributed by atoms with Crippen LogP contribution in [-0.2, 0) is 24.0 Å². The number of hydrogen-bond acceptors (Lipinski definition) is 15. The fraction of sp³-hybridized carbons (Fsp3) is 0.318. The van der Waals surface area contributed by atoms with E-state index in [1.807, 2.05) is 0 Å². The number of oxime groups is 1. The third-order valence-corrected chi connectivity index (χ3v) is 8.96. The molecule has 2 atom stereocenters. The lowest BCUT2D eigenvalue weighted by atomic mass is 10.0. The summed E-state index contributed by atoms with van der Waals surface area (Å²) >= 11 is 3.68. The Kier molecular flexibility index (Phi) is 7.82. The zero-order chi connectivity index (χ0) is 29.4. The summed E-state index contributed by atoms with van der Waals surface area (Å²) in [7, 11) is 2.48. The number of fused-ring (bicyclic) bond motifs is 2. The molecule has 0 saturated carbocycles. The van der Waals surface area contributed by atoms with Crippen LogP contribution in [0.5, 0.6) is 0 Å². The molecule has 0 aliphatic carbocycles. The van der Waals surface area contributed by atoms with Gasteiger partial charge in [-0.3, -0.25) is 14.5 Å². The number of carboxylic acid groups (broad SMARTS) is 1. The van der Waals surface area contributed by atoms with E-state index in [0.29, 0.717) is 16.3 Å². The third-order valence-electron chi connectivity index (χ3n) is 5.87. The average molecular weight is 620 g/mol. The maximum absolute atomic E-state index is 13.1. The van der Waals surface area contributed by atoms with Crippen molar-refractivity contribution in [2.75, 3.05) is 31.5 Å². The Hall–Kier alpha value is -4.23. The molecule has 0 spiro atoms. The Balaban J connectivity index is 1.35. The molecular weight excluding hydrogens is 598 g/mol. The Morgan fingerprint density at radius 1 is 1.29 bits per heavy atom. The molecule has 0 bridgehead atoms. The highest BCUT2D eigenvalue weighted by Gasteiger charge is 2.54. The molecule has 5 rings (SSSR count). The second kappa shape index (κ2) is 11.3. The van der Waals surface area contributed by atoms with Gasteiger partial charge in [-0.1, -0.05) is 5.16 Å². The van der Waals surface area contributed by atoms with Crippen molar-refractivity contribution in [1.82, 2.24) is 34.8 Å². The number of nitrogens with zero attached hydrogens (tertiary/aromatic N) is 7. The first-order valence-corrected chi connectivity index (χ1v) is 14.5. The van der Waals surface area contributed by atoms with Crippen molar-refractivity contribution in [1.29, 1.82) is 0 Å². The molecule has 41 heavy (non-hydrogen) atoms. The van der Waals surface area contributed by atoms with E-state index < -0.39 is 35.2 Å². The molecule has 214 valence electrons. The number of carbonyl (C=O) groups is 4. The molecule has 5 heterocycles. The third kappa shape index (κ3) is 5.30. The van der Waals surface area contributed by atoms with E-state index in [2.05, 4.69) is 35.3 Å². The summed E-state index contributed by atoms with van der Waals surface area (Å²) in [6.07, 6.45) is 0. The van der Waals surface area contributed by atoms with E-state index in [0.717, 1.165) is 11.3 Å². The van der Waals surface area contributed by atoms with Gasteiger partial charge in [0.15, 0.2) is 10.8 Å². The van der Waals surface area contributed by atoms with Gasteiger partial charge in [0.05, 0.1) is 7.11 Å². The number of rotatable bonds is 9. The monoisotopic (exact) mass is 619 g/mol. The number of β-lactam (4-membered cyclic amide) rings is 1. The van der Waals surface area contributed by atoms with Crippen LogP contribution < -0.4 is 11.1 Å². The maximum atomic E-state index is 13.1. The Morgan fingerprint density at radius 2 is 2.07 bits per heavy atom. The summed E-state index contributed by atoms with van der Waals surface area (Å²) in [5, 5.41) is 22.2. The number of nitrogens with one attached hydrogen (secondary N) is 1. The minimum Gasteiger partial charge on any atom is -0.477 e. The smallest absolute Gasteiger partial charge is 0.378 e. The molecular formula is C22H21N9O7S3. The number of anilines is 1. The molecule has 4 N–H and O–H groups in total. The number of ether oxygens (including phenoxy) is 1. The van der Waals surface area contributed by atoms with E-state index in [4.69, 9.17) is 10.6 Å². The number of thiazole rings is 1. The van der Waals surface area contributed by atoms with Gasteiger partial charge in [-0.2, -0.15) is 9.50 Å². The van der Waals surface area contributed by atoms with Crippen LogP contribution in [-0.4, -0.2) is 101 Å². The fourth-order valence-electron chi connectivity index (χ4n) is 4.09. The standard InChI is InChI=1S/C22H21N9O7S3/c1-8-4-11(31-22(24-8)27-15(28-31)20(36)37-2)39-5-9-6-40-18-13(17(33)30(18)14(9)19(34)35)26-16(32)12(29-38-3)10-7-41-21(23)25-10/h4,7,13,18H,5-6H2,1-3H3,(H2,23,25)(H,26,32)(H,34,35)/t13-,18-/m1/s1. The van der Waals surface area contributed by atoms with Crippen LogP contribution in [0.1, 0.15) is 22.0 Å². The van der Waals surface area contributed by atoms with E-state index in [9.17, 15) is 24.3 Å². The minimum atomic E-state index is -1.27. The van der Waals surface area contributed by atoms with Gasteiger partial charge in [-0.05, 0) is 18.6 Å². The highest BCUT2D eigenvalue weighted by Crippen LogP contribution is 2.41. The van der Waals surface area contributed by atoms with Crippen molar-refractivity contribution in [3.8, 4) is 0 Å². The maximum Gasteiger partial charge on any atom is 0.378 e. The molecule has 0 radical (unpaired) electrons. The predicted octanol–water partition coefficient (Wildman–Crippen LogP) is 0.139. The van der Waals surface area contributed by atoms with Crippen LogP contribution in [0.4, 0.5) is 5.13 Å². The molecule has 0 unspecified atom stereocenters. The molecule has 2 aliphatic rings. The molecule has 16 nitrogen and oxygen atoms in total. The molecule has 3 aromatic heterocycles. The molecule has 2 amide bonds. The number of nitrogen functional groups attached to an aromatic ring is 1. The number of aliphatic carboxylic acids is 1. The summed E-state index contributed by atoms with van der Waals surface area (Å²) in [6.45, 7) is 1.75. The zero-order valence-electron chi connectivity index (χ0n) is 21.6. The van der Waals surface area contributed by atoms with Gasteiger partial charge < -0.3 is 25.7 Å². The number of carbonyl (C=O) groups excluding carboxylic acids is 3. The molecule has 1 fully saturated rings. The van der Waals surface area contributed by atoms with Gasteiger partial charge >= 0.3 is 11.9 Å². The van der Waals surface area contributed by atoms with Crippen molar-refractivity contribution in [2.45, 2.75) is 23.4 Å². The molecule has 19 heteroatoms. The van der Waals surface area contributed by atoms with Crippen LogP contribution in [0, 0.1) is 6.92 Å². The number of aryl methyl sites for hydroxylation is 1. The second-order valence-corrected chi connectivity index (χ2v) is 11.5. The second-order valence-electron chi connectivity index (χ2n) is 8.47. The van der Waals surface area contributed by atoms with Gasteiger partial charge in [0, 0.05) is 22.6 Å². The number of carboxylic acids is 1. The fourth-order valence-corrected chi connectivity index (χ4v) is 7.17. The van der Waals surface area contributed by atoms with E-state index in [-0.39, 0.29) is 45.3 Å². The van der Waals surface area contributed by atoms with Gasteiger partial charge in [0.1, 0.15) is 34.9 Å². The van der Waals surface area contributed by atoms with Gasteiger partial charge in [-0.15, -0.1) is 40.0 Å². The molecule has 0 aromatic carbocycles. The summed E-state index contributed by atoms with van der Waals surface area (Å²) in [4.78, 5) is 68.6. The average Bonchev–Trinajstić information content (AvgIpc) is 3.58. The largest absolute Gasteiger partial charge is 0.477 e. The highest BCUT2D eigenvalue weighted by atomic mass is 32.2. The first-order valence-electron chi connectivity index (χ1n) is 11.6. The van der Waals surface area contributed by atoms with Crippen LogP contribution in [0.25, 0.3) is 5.78 Å². The minimum absolute atomic E-state index is 0.148. The first-order chi connectivity index (χ1) is 19.6. The molecule has 2 aliphatic heterocycles. The Morgan fingerprint density at radius 3 is 2.73 bits per heavy atom. The number of esters is 1. The Labute approximate surface area is 243 Å². The van der Waals surface area contributed by atoms with Crippen molar-refractivity contribution in [3.63, 3.8) is 0 Å². The van der Waals surface area contributed by atoms with Gasteiger partial charge in [0.2, 0.25) is 0 Å². The summed E-state index contributed by atoms with van der Waals surface area (Å²) in [6, 6.07) is 0.742. The molecule has 1 saturated heterocycles. The van der Waals surface area contributed by atoms with Crippen molar-refractivity contribution in [3.05, 3.63) is 39.9 Å². The number of amides is 2. The summed E-state index contributed by atoms with van der Waals surface area (Å²) < 4.78 is 6.05. The SMILES string of the molecule is CON=C(C(=O)N[C@@H]1C(=O)N2C(C(=O)O)=C(CSc3cc(C)nc4nc(C(=O)OC)nn34)CS[C@H]12)c1csc(N)n1. The summed E-state index contributed by atoms with van der Waals surface area (Å²) in [5.41, 5.74) is 6.64. The van der Waals surface area contributed by atoms with Crippen molar-refractivity contribution < 1.29 is 33.9 Å².